The van der Waals surface area contributed by atoms with Gasteiger partial charge in [0.2, 0.25) is 10.0 Å². The lowest BCUT2D eigenvalue weighted by atomic mass is 10.2. The maximum Gasteiger partial charge on any atom is 0.320 e. The van der Waals surface area contributed by atoms with Gasteiger partial charge in [0.15, 0.2) is 5.75 Å². The quantitative estimate of drug-likeness (QED) is 0.821. The van der Waals surface area contributed by atoms with Gasteiger partial charge >= 0.3 is 5.97 Å². The number of nitrogens with one attached hydrogen (secondary N) is 1. The van der Waals surface area contributed by atoms with Gasteiger partial charge in [-0.3, -0.25) is 14.4 Å². The van der Waals surface area contributed by atoms with E-state index in [0.29, 0.717) is 5.69 Å². The maximum absolute atomic E-state index is 11.6. The molecule has 110 valence electrons. The lowest BCUT2D eigenvalue weighted by Crippen LogP contribution is -2.22. The van der Waals surface area contributed by atoms with Gasteiger partial charge in [-0.2, -0.15) is 0 Å². The number of hydrogen-bond donors (Lipinski definition) is 2. The number of sulfonamides is 1. The molecule has 2 rings (SSSR count). The number of nitrogens with zero attached hydrogens (tertiary/aromatic N) is 1. The summed E-state index contributed by atoms with van der Waals surface area (Å²) in [6.45, 7) is 2.92. The molecule has 20 heavy (non-hydrogen) atoms. The van der Waals surface area contributed by atoms with Crippen LogP contribution in [0.2, 0.25) is 0 Å². The van der Waals surface area contributed by atoms with Crippen LogP contribution in [0.25, 0.3) is 0 Å². The van der Waals surface area contributed by atoms with Gasteiger partial charge in [0, 0.05) is 12.2 Å². The van der Waals surface area contributed by atoms with Crippen LogP contribution in [-0.4, -0.2) is 43.2 Å². The fourth-order valence-electron chi connectivity index (χ4n) is 2.31. The van der Waals surface area contributed by atoms with Gasteiger partial charge in [-0.25, -0.2) is 8.42 Å². The smallest absolute Gasteiger partial charge is 0.320 e. The molecule has 0 bridgehead atoms. The Labute approximate surface area is 118 Å². The van der Waals surface area contributed by atoms with Gasteiger partial charge in [0.1, 0.15) is 0 Å². The summed E-state index contributed by atoms with van der Waals surface area (Å²) >= 11 is 0. The molecule has 0 atom stereocenters. The molecule has 1 fully saturated rings. The first kappa shape index (κ1) is 14.8. The van der Waals surface area contributed by atoms with Crippen LogP contribution in [0.5, 0.6) is 0 Å². The number of benzene rings is 1. The molecule has 1 heterocycles. The van der Waals surface area contributed by atoms with Gasteiger partial charge in [-0.15, -0.1) is 0 Å². The van der Waals surface area contributed by atoms with Crippen LogP contribution in [0.4, 0.5) is 5.69 Å². The zero-order valence-electron chi connectivity index (χ0n) is 11.1. The molecule has 1 aliphatic rings. The zero-order chi connectivity index (χ0) is 14.6. The summed E-state index contributed by atoms with van der Waals surface area (Å²) in [5.41, 5.74) is 1.42. The number of carbonyl (C=O) groups is 1. The molecule has 1 saturated heterocycles. The Morgan fingerprint density at radius 2 is 2.00 bits per heavy atom. The van der Waals surface area contributed by atoms with Gasteiger partial charge in [-0.1, -0.05) is 12.1 Å². The lowest BCUT2D eigenvalue weighted by molar-refractivity contribution is -0.134. The van der Waals surface area contributed by atoms with Crippen LogP contribution in [0.1, 0.15) is 18.4 Å². The van der Waals surface area contributed by atoms with Crippen molar-refractivity contribution >= 4 is 21.7 Å². The van der Waals surface area contributed by atoms with Gasteiger partial charge in [0.05, 0.1) is 0 Å². The molecule has 0 amide bonds. The second kappa shape index (κ2) is 6.23. The number of aliphatic carboxylic acids is 1. The zero-order valence-corrected chi connectivity index (χ0v) is 11.9. The second-order valence-electron chi connectivity index (χ2n) is 4.94. The Hall–Kier alpha value is -1.60. The largest absolute Gasteiger partial charge is 0.480 e. The van der Waals surface area contributed by atoms with E-state index in [1.807, 2.05) is 6.07 Å². The lowest BCUT2D eigenvalue weighted by Gasteiger charge is -2.15. The molecule has 6 nitrogen and oxygen atoms in total. The van der Waals surface area contributed by atoms with Crippen LogP contribution in [0.3, 0.4) is 0 Å². The molecule has 1 aromatic rings. The summed E-state index contributed by atoms with van der Waals surface area (Å²) in [5.74, 6) is -2.30. The normalized spacial score (nSPS) is 16.2. The monoisotopic (exact) mass is 298 g/mol. The molecule has 0 saturated carbocycles. The first-order chi connectivity index (χ1) is 9.44. The van der Waals surface area contributed by atoms with Crippen molar-refractivity contribution in [2.24, 2.45) is 0 Å². The standard InChI is InChI=1S/C13H18N2O4S/c16-13(17)10-20(18,19)14-12-5-3-4-11(8-12)9-15-6-1-2-7-15/h3-5,8,14H,1-2,6-7,9-10H2,(H,16,17). The molecule has 1 aliphatic heterocycles. The summed E-state index contributed by atoms with van der Waals surface area (Å²) in [4.78, 5) is 12.8. The molecule has 0 aromatic heterocycles. The van der Waals surface area contributed by atoms with Crippen molar-refractivity contribution in [2.45, 2.75) is 19.4 Å². The van der Waals surface area contributed by atoms with Gasteiger partial charge in [-0.05, 0) is 43.6 Å². The van der Waals surface area contributed by atoms with E-state index in [1.165, 1.54) is 12.8 Å². The van der Waals surface area contributed by atoms with Crippen molar-refractivity contribution in [2.75, 3.05) is 23.6 Å². The van der Waals surface area contributed by atoms with E-state index >= 15 is 0 Å². The van der Waals surface area contributed by atoms with Crippen molar-refractivity contribution in [3.8, 4) is 0 Å². The highest BCUT2D eigenvalue weighted by atomic mass is 32.2. The minimum atomic E-state index is -3.84. The summed E-state index contributed by atoms with van der Waals surface area (Å²) < 4.78 is 25.4. The maximum atomic E-state index is 11.6. The number of likely N-dealkylation sites (tertiary alicyclic amines) is 1. The predicted octanol–water partition coefficient (Wildman–Crippen LogP) is 1.11. The molecule has 2 N–H and O–H groups in total. The number of carboxylic acid groups (broad SMARTS) is 1. The van der Waals surface area contributed by atoms with E-state index in [-0.39, 0.29) is 0 Å². The molecular formula is C13H18N2O4S. The predicted molar refractivity (Wildman–Crippen MR) is 76.0 cm³/mol. The molecule has 0 aliphatic carbocycles. The van der Waals surface area contributed by atoms with Crippen molar-refractivity contribution in [1.82, 2.24) is 4.90 Å². The Kier molecular flexibility index (Phi) is 4.61. The summed E-state index contributed by atoms with van der Waals surface area (Å²) in [6.07, 6.45) is 2.40. The Morgan fingerprint density at radius 1 is 1.30 bits per heavy atom. The first-order valence-electron chi connectivity index (χ1n) is 6.48. The summed E-state index contributed by atoms with van der Waals surface area (Å²) in [5, 5.41) is 8.55. The third kappa shape index (κ3) is 4.50. The van der Waals surface area contributed by atoms with E-state index in [9.17, 15) is 13.2 Å². The highest BCUT2D eigenvalue weighted by molar-refractivity contribution is 7.93. The molecule has 7 heteroatoms. The number of rotatable bonds is 6. The fraction of sp³-hybridized carbons (Fsp3) is 0.462. The van der Waals surface area contributed by atoms with Crippen LogP contribution in [-0.2, 0) is 21.4 Å². The second-order valence-corrected chi connectivity index (χ2v) is 6.66. The fourth-order valence-corrected chi connectivity index (χ4v) is 3.19. The Balaban J connectivity index is 2.03. The highest BCUT2D eigenvalue weighted by Gasteiger charge is 2.16. The Bertz CT molecular complexity index is 580. The van der Waals surface area contributed by atoms with Crippen molar-refractivity contribution < 1.29 is 18.3 Å². The summed E-state index contributed by atoms with van der Waals surface area (Å²) in [6, 6.07) is 7.07. The average molecular weight is 298 g/mol. The van der Waals surface area contributed by atoms with E-state index < -0.39 is 21.7 Å². The van der Waals surface area contributed by atoms with E-state index in [1.54, 1.807) is 18.2 Å². The molecule has 0 unspecified atom stereocenters. The number of hydrogen-bond acceptors (Lipinski definition) is 4. The first-order valence-corrected chi connectivity index (χ1v) is 8.13. The van der Waals surface area contributed by atoms with Crippen molar-refractivity contribution in [3.63, 3.8) is 0 Å². The molecule has 0 radical (unpaired) electrons. The average Bonchev–Trinajstić information content (AvgIpc) is 2.79. The van der Waals surface area contributed by atoms with Crippen molar-refractivity contribution in [1.29, 1.82) is 0 Å². The van der Waals surface area contributed by atoms with Crippen molar-refractivity contribution in [3.05, 3.63) is 29.8 Å². The highest BCUT2D eigenvalue weighted by Crippen LogP contribution is 2.17. The van der Waals surface area contributed by atoms with E-state index in [4.69, 9.17) is 5.11 Å². The van der Waals surface area contributed by atoms with Crippen LogP contribution >= 0.6 is 0 Å². The summed E-state index contributed by atoms with van der Waals surface area (Å²) in [7, 11) is -3.84. The minimum Gasteiger partial charge on any atom is -0.480 e. The van der Waals surface area contributed by atoms with E-state index in [2.05, 4.69) is 9.62 Å². The number of anilines is 1. The third-order valence-electron chi connectivity index (χ3n) is 3.12. The number of carboxylic acids is 1. The molecular weight excluding hydrogens is 280 g/mol. The van der Waals surface area contributed by atoms with Crippen LogP contribution < -0.4 is 4.72 Å². The van der Waals surface area contributed by atoms with E-state index in [0.717, 1.165) is 25.2 Å². The molecule has 0 spiro atoms. The van der Waals surface area contributed by atoms with Crippen LogP contribution in [0.15, 0.2) is 24.3 Å². The van der Waals surface area contributed by atoms with Gasteiger partial charge in [0.25, 0.3) is 0 Å². The minimum absolute atomic E-state index is 0.406. The Morgan fingerprint density at radius 3 is 2.65 bits per heavy atom. The SMILES string of the molecule is O=C(O)CS(=O)(=O)Nc1cccc(CN2CCCC2)c1. The topological polar surface area (TPSA) is 86.7 Å². The molecule has 1 aromatic carbocycles. The third-order valence-corrected chi connectivity index (χ3v) is 4.29. The van der Waals surface area contributed by atoms with Gasteiger partial charge < -0.3 is 5.11 Å². The van der Waals surface area contributed by atoms with Crippen LogP contribution in [0, 0.1) is 0 Å².